The third-order valence-electron chi connectivity index (χ3n) is 3.54. The number of hydrogen-bond donors (Lipinski definition) is 1. The molecule has 1 atom stereocenters. The Balaban J connectivity index is 1.84. The van der Waals surface area contributed by atoms with Gasteiger partial charge in [-0.3, -0.25) is 9.69 Å². The van der Waals surface area contributed by atoms with Crippen LogP contribution in [0, 0.1) is 0 Å². The molecule has 0 radical (unpaired) electrons. The maximum Gasteiger partial charge on any atom is 0.416 e. The number of aromatic nitrogens is 2. The Morgan fingerprint density at radius 3 is 2.67 bits per heavy atom. The van der Waals surface area contributed by atoms with Crippen molar-refractivity contribution in [3.05, 3.63) is 59.7 Å². The molecule has 1 unspecified atom stereocenters. The molecule has 1 aliphatic rings. The number of benzene rings is 1. The van der Waals surface area contributed by atoms with Crippen LogP contribution in [0.15, 0.2) is 42.9 Å². The van der Waals surface area contributed by atoms with Crippen LogP contribution in [0.4, 0.5) is 18.0 Å². The SMILES string of the molecule is O=C1NC(c2cccc(C(F)(F)F)c2)C(=O)N1Cc1ccncn1. The predicted molar refractivity (Wildman–Crippen MR) is 75.3 cm³/mol. The fourth-order valence-electron chi connectivity index (χ4n) is 2.36. The summed E-state index contributed by atoms with van der Waals surface area (Å²) in [5.41, 5.74) is -0.358. The molecule has 124 valence electrons. The van der Waals surface area contributed by atoms with Crippen LogP contribution in [-0.4, -0.2) is 26.8 Å². The van der Waals surface area contributed by atoms with Crippen molar-refractivity contribution < 1.29 is 22.8 Å². The minimum absolute atomic E-state index is 0.0772. The first-order chi connectivity index (χ1) is 11.4. The number of rotatable bonds is 3. The summed E-state index contributed by atoms with van der Waals surface area (Å²) in [5.74, 6) is -0.627. The molecule has 3 amide bonds. The number of imide groups is 1. The topological polar surface area (TPSA) is 75.2 Å². The lowest BCUT2D eigenvalue weighted by Gasteiger charge is -2.13. The monoisotopic (exact) mass is 336 g/mol. The van der Waals surface area contributed by atoms with E-state index in [4.69, 9.17) is 0 Å². The lowest BCUT2D eigenvalue weighted by Crippen LogP contribution is -2.30. The highest BCUT2D eigenvalue weighted by atomic mass is 19.4. The highest BCUT2D eigenvalue weighted by Gasteiger charge is 2.40. The van der Waals surface area contributed by atoms with E-state index in [2.05, 4.69) is 15.3 Å². The van der Waals surface area contributed by atoms with Crippen molar-refractivity contribution in [2.45, 2.75) is 18.8 Å². The van der Waals surface area contributed by atoms with Crippen LogP contribution in [0.25, 0.3) is 0 Å². The Labute approximate surface area is 134 Å². The largest absolute Gasteiger partial charge is 0.416 e. The fraction of sp³-hybridized carbons (Fsp3) is 0.200. The molecule has 1 fully saturated rings. The van der Waals surface area contributed by atoms with Gasteiger partial charge in [0.2, 0.25) is 0 Å². The number of carbonyl (C=O) groups is 2. The molecule has 9 heteroatoms. The molecular formula is C15H11F3N4O2. The van der Waals surface area contributed by atoms with Gasteiger partial charge in [0.1, 0.15) is 12.4 Å². The molecule has 0 aliphatic carbocycles. The molecule has 24 heavy (non-hydrogen) atoms. The number of carbonyl (C=O) groups excluding carboxylic acids is 2. The van der Waals surface area contributed by atoms with Gasteiger partial charge in [-0.1, -0.05) is 12.1 Å². The van der Waals surface area contributed by atoms with Crippen molar-refractivity contribution in [2.24, 2.45) is 0 Å². The zero-order valence-electron chi connectivity index (χ0n) is 12.1. The Hall–Kier alpha value is -2.97. The predicted octanol–water partition coefficient (Wildman–Crippen LogP) is 2.29. The third kappa shape index (κ3) is 3.05. The lowest BCUT2D eigenvalue weighted by molar-refractivity contribution is -0.137. The van der Waals surface area contributed by atoms with Crippen molar-refractivity contribution in [3.8, 4) is 0 Å². The molecule has 0 bridgehead atoms. The number of nitrogens with one attached hydrogen (secondary N) is 1. The Morgan fingerprint density at radius 1 is 1.21 bits per heavy atom. The third-order valence-corrected chi connectivity index (χ3v) is 3.54. The van der Waals surface area contributed by atoms with E-state index in [1.165, 1.54) is 30.7 Å². The summed E-state index contributed by atoms with van der Waals surface area (Å²) in [6.45, 7) is -0.0807. The second-order valence-corrected chi connectivity index (χ2v) is 5.13. The van der Waals surface area contributed by atoms with E-state index in [1.54, 1.807) is 0 Å². The highest BCUT2D eigenvalue weighted by molar-refractivity contribution is 6.04. The highest BCUT2D eigenvalue weighted by Crippen LogP contribution is 2.32. The minimum Gasteiger partial charge on any atom is -0.322 e. The standard InChI is InChI=1S/C15H11F3N4O2/c16-15(17,18)10-3-1-2-9(6-10)12-13(23)22(14(24)21-12)7-11-4-5-19-8-20-11/h1-6,8,12H,7H2,(H,21,24). The molecule has 6 nitrogen and oxygen atoms in total. The first-order valence-electron chi connectivity index (χ1n) is 6.90. The molecule has 1 saturated heterocycles. The van der Waals surface area contributed by atoms with E-state index in [0.29, 0.717) is 5.69 Å². The maximum atomic E-state index is 12.8. The van der Waals surface area contributed by atoms with Gasteiger partial charge < -0.3 is 5.32 Å². The van der Waals surface area contributed by atoms with E-state index < -0.39 is 29.7 Å². The van der Waals surface area contributed by atoms with Gasteiger partial charge in [-0.2, -0.15) is 13.2 Å². The molecule has 0 saturated carbocycles. The minimum atomic E-state index is -4.53. The number of amides is 3. The zero-order chi connectivity index (χ0) is 17.3. The Morgan fingerprint density at radius 2 is 2.00 bits per heavy atom. The fourth-order valence-corrected chi connectivity index (χ4v) is 2.36. The summed E-state index contributed by atoms with van der Waals surface area (Å²) in [4.78, 5) is 32.9. The Kier molecular flexibility index (Phi) is 3.92. The van der Waals surface area contributed by atoms with Gasteiger partial charge in [0.25, 0.3) is 5.91 Å². The van der Waals surface area contributed by atoms with E-state index in [-0.39, 0.29) is 12.1 Å². The summed E-state index contributed by atoms with van der Waals surface area (Å²) < 4.78 is 38.4. The summed E-state index contributed by atoms with van der Waals surface area (Å²) >= 11 is 0. The quantitative estimate of drug-likeness (QED) is 0.873. The lowest BCUT2D eigenvalue weighted by atomic mass is 10.0. The van der Waals surface area contributed by atoms with E-state index in [0.717, 1.165) is 17.0 Å². The number of alkyl halides is 3. The second-order valence-electron chi connectivity index (χ2n) is 5.13. The van der Waals surface area contributed by atoms with Crippen LogP contribution in [0.2, 0.25) is 0 Å². The molecule has 1 aliphatic heterocycles. The van der Waals surface area contributed by atoms with Crippen LogP contribution in [-0.2, 0) is 17.5 Å². The van der Waals surface area contributed by atoms with Gasteiger partial charge in [0, 0.05) is 6.20 Å². The van der Waals surface area contributed by atoms with Crippen LogP contribution in [0.1, 0.15) is 22.9 Å². The maximum absolute atomic E-state index is 12.8. The van der Waals surface area contributed by atoms with Gasteiger partial charge in [-0.05, 0) is 23.8 Å². The number of urea groups is 1. The normalized spacial score (nSPS) is 18.0. The van der Waals surface area contributed by atoms with Gasteiger partial charge in [0.15, 0.2) is 0 Å². The summed E-state index contributed by atoms with van der Waals surface area (Å²) in [7, 11) is 0. The van der Waals surface area contributed by atoms with Crippen LogP contribution >= 0.6 is 0 Å². The van der Waals surface area contributed by atoms with E-state index in [9.17, 15) is 22.8 Å². The second kappa shape index (κ2) is 5.91. The van der Waals surface area contributed by atoms with Crippen LogP contribution in [0.3, 0.4) is 0 Å². The molecule has 1 aromatic heterocycles. The van der Waals surface area contributed by atoms with Crippen LogP contribution in [0.5, 0.6) is 0 Å². The smallest absolute Gasteiger partial charge is 0.322 e. The van der Waals surface area contributed by atoms with Crippen molar-refractivity contribution in [3.63, 3.8) is 0 Å². The molecule has 2 heterocycles. The summed E-state index contributed by atoms with van der Waals surface area (Å²) in [6.07, 6.45) is -1.79. The van der Waals surface area contributed by atoms with Crippen molar-refractivity contribution >= 4 is 11.9 Å². The van der Waals surface area contributed by atoms with Gasteiger partial charge >= 0.3 is 12.2 Å². The number of hydrogen-bond acceptors (Lipinski definition) is 4. The Bertz CT molecular complexity index is 780. The summed E-state index contributed by atoms with van der Waals surface area (Å²) in [5, 5.41) is 2.40. The first kappa shape index (κ1) is 15.9. The molecule has 1 aromatic carbocycles. The summed E-state index contributed by atoms with van der Waals surface area (Å²) in [6, 6.07) is 4.04. The average Bonchev–Trinajstić information content (AvgIpc) is 2.83. The van der Waals surface area contributed by atoms with Gasteiger partial charge in [0.05, 0.1) is 17.8 Å². The first-order valence-corrected chi connectivity index (χ1v) is 6.90. The number of nitrogens with zero attached hydrogens (tertiary/aromatic N) is 3. The number of halogens is 3. The molecule has 2 aromatic rings. The van der Waals surface area contributed by atoms with Crippen molar-refractivity contribution in [2.75, 3.05) is 0 Å². The zero-order valence-corrected chi connectivity index (χ0v) is 12.1. The van der Waals surface area contributed by atoms with Gasteiger partial charge in [-0.25, -0.2) is 14.8 Å². The molecule has 0 spiro atoms. The van der Waals surface area contributed by atoms with Crippen molar-refractivity contribution in [1.82, 2.24) is 20.2 Å². The van der Waals surface area contributed by atoms with Gasteiger partial charge in [-0.15, -0.1) is 0 Å². The molecule has 3 rings (SSSR count). The van der Waals surface area contributed by atoms with Crippen molar-refractivity contribution in [1.29, 1.82) is 0 Å². The molecular weight excluding hydrogens is 325 g/mol. The average molecular weight is 336 g/mol. The van der Waals surface area contributed by atoms with Crippen LogP contribution < -0.4 is 5.32 Å². The van der Waals surface area contributed by atoms with E-state index in [1.807, 2.05) is 0 Å². The molecule has 1 N–H and O–H groups in total. The van der Waals surface area contributed by atoms with E-state index >= 15 is 0 Å².